The Morgan fingerprint density at radius 3 is 1.91 bits per heavy atom. The van der Waals surface area contributed by atoms with Gasteiger partial charge in [0, 0.05) is 33.2 Å². The molecule has 0 saturated heterocycles. The van der Waals surface area contributed by atoms with Gasteiger partial charge >= 0.3 is 0 Å². The van der Waals surface area contributed by atoms with Gasteiger partial charge in [0.15, 0.2) is 10.2 Å². The van der Waals surface area contributed by atoms with Gasteiger partial charge in [-0.3, -0.25) is 15.6 Å². The average molecular weight is 543 g/mol. The fraction of sp³-hybridized carbons (Fsp3) is 0.750. The van der Waals surface area contributed by atoms with Crippen molar-refractivity contribution in [2.75, 3.05) is 53.0 Å². The van der Waals surface area contributed by atoms with Gasteiger partial charge in [-0.2, -0.15) is 0 Å². The van der Waals surface area contributed by atoms with Gasteiger partial charge in [0.1, 0.15) is 0 Å². The standard InChI is InChI=1S/C14H31N2O3PS.C6H12N4S2/c1-6-11-15(12-7-2)14(17)13-16(8-3)20(21,18-9-4)19-10-5;1-3-4-8-6(12)10-9-5(11)7-2/h6-13H2,1-5H3;3H,1,4H2,2H3,(H2,7,9,11)(H2,8,10,12). The Bertz CT molecular complexity index is 612. The van der Waals surface area contributed by atoms with Crippen LogP contribution in [-0.4, -0.2) is 78.7 Å². The molecule has 33 heavy (non-hydrogen) atoms. The van der Waals surface area contributed by atoms with Crippen LogP contribution in [0.1, 0.15) is 47.5 Å². The van der Waals surface area contributed by atoms with Crippen LogP contribution in [0, 0.1) is 0 Å². The van der Waals surface area contributed by atoms with E-state index in [9.17, 15) is 4.79 Å². The fourth-order valence-electron chi connectivity index (χ4n) is 2.44. The molecule has 0 aromatic heterocycles. The van der Waals surface area contributed by atoms with Crippen molar-refractivity contribution < 1.29 is 13.8 Å². The Hall–Kier alpha value is -0.880. The lowest BCUT2D eigenvalue weighted by Crippen LogP contribution is -2.49. The smallest absolute Gasteiger partial charge is 0.264 e. The first kappa shape index (κ1) is 34.3. The number of thiocarbonyl (C=S) groups is 2. The summed E-state index contributed by atoms with van der Waals surface area (Å²) in [5.74, 6) is 0.106. The van der Waals surface area contributed by atoms with Crippen LogP contribution >= 0.6 is 31.1 Å². The van der Waals surface area contributed by atoms with Crippen molar-refractivity contribution in [1.82, 2.24) is 31.1 Å². The molecule has 0 atom stereocenters. The molecule has 0 aliphatic rings. The highest BCUT2D eigenvalue weighted by Gasteiger charge is 2.29. The number of hydrogen-bond acceptors (Lipinski definition) is 6. The molecule has 0 rings (SSSR count). The van der Waals surface area contributed by atoms with Gasteiger partial charge in [-0.15, -0.1) is 6.58 Å². The highest BCUT2D eigenvalue weighted by Crippen LogP contribution is 2.51. The van der Waals surface area contributed by atoms with E-state index in [1.54, 1.807) is 13.1 Å². The van der Waals surface area contributed by atoms with Gasteiger partial charge in [0.05, 0.1) is 19.8 Å². The molecule has 13 heteroatoms. The summed E-state index contributed by atoms with van der Waals surface area (Å²) in [7, 11) is 1.72. The van der Waals surface area contributed by atoms with E-state index in [4.69, 9.17) is 45.3 Å². The summed E-state index contributed by atoms with van der Waals surface area (Å²) in [5, 5.41) is 6.55. The molecule has 0 aliphatic carbocycles. The first-order valence-electron chi connectivity index (χ1n) is 11.2. The molecular formula is C20H43N6O3PS3. The third kappa shape index (κ3) is 16.4. The maximum absolute atomic E-state index is 12.5. The van der Waals surface area contributed by atoms with Crippen molar-refractivity contribution in [3.63, 3.8) is 0 Å². The average Bonchev–Trinajstić information content (AvgIpc) is 2.79. The number of nitrogens with one attached hydrogen (secondary N) is 4. The summed E-state index contributed by atoms with van der Waals surface area (Å²) in [6.45, 7) is 15.0. The van der Waals surface area contributed by atoms with Gasteiger partial charge in [-0.25, -0.2) is 4.67 Å². The van der Waals surface area contributed by atoms with Crippen LogP contribution in [0.4, 0.5) is 0 Å². The van der Waals surface area contributed by atoms with Crippen LogP contribution < -0.4 is 21.5 Å². The van der Waals surface area contributed by atoms with Crippen LogP contribution in [0.25, 0.3) is 0 Å². The Morgan fingerprint density at radius 1 is 1.00 bits per heavy atom. The number of nitrogens with zero attached hydrogens (tertiary/aromatic N) is 2. The van der Waals surface area contributed by atoms with Gasteiger partial charge in [0.25, 0.3) is 6.64 Å². The molecule has 0 radical (unpaired) electrons. The summed E-state index contributed by atoms with van der Waals surface area (Å²) in [4.78, 5) is 14.4. The lowest BCUT2D eigenvalue weighted by atomic mass is 10.3. The third-order valence-corrected chi connectivity index (χ3v) is 8.04. The summed E-state index contributed by atoms with van der Waals surface area (Å²) < 4.78 is 13.2. The SMILES string of the molecule is C=CCNC(=S)NNC(=S)NC.CCCN(CCC)C(=O)CN(CC)P(=S)(OCC)OCC. The summed E-state index contributed by atoms with van der Waals surface area (Å²) >= 11 is 15.2. The highest BCUT2D eigenvalue weighted by molar-refractivity contribution is 8.08. The number of carbonyl (C=O) groups is 1. The van der Waals surface area contributed by atoms with Gasteiger partial charge in [-0.05, 0) is 62.9 Å². The van der Waals surface area contributed by atoms with E-state index in [0.717, 1.165) is 25.9 Å². The van der Waals surface area contributed by atoms with E-state index in [0.29, 0.717) is 36.5 Å². The van der Waals surface area contributed by atoms with Crippen molar-refractivity contribution in [3.8, 4) is 0 Å². The predicted octanol–water partition coefficient (Wildman–Crippen LogP) is 2.90. The van der Waals surface area contributed by atoms with E-state index in [1.165, 1.54) is 0 Å². The first-order valence-corrected chi connectivity index (χ1v) is 14.6. The van der Waals surface area contributed by atoms with Crippen molar-refractivity contribution in [1.29, 1.82) is 0 Å². The Labute approximate surface area is 216 Å². The predicted molar refractivity (Wildman–Crippen MR) is 151 cm³/mol. The lowest BCUT2D eigenvalue weighted by molar-refractivity contribution is -0.131. The zero-order valence-corrected chi connectivity index (χ0v) is 24.3. The van der Waals surface area contributed by atoms with E-state index < -0.39 is 6.64 Å². The zero-order chi connectivity index (χ0) is 25.7. The molecule has 1 amide bonds. The van der Waals surface area contributed by atoms with Gasteiger partial charge in [0.2, 0.25) is 5.91 Å². The van der Waals surface area contributed by atoms with Crippen molar-refractivity contribution in [3.05, 3.63) is 12.7 Å². The normalized spacial score (nSPS) is 10.5. The maximum Gasteiger partial charge on any atom is 0.264 e. The second-order valence-electron chi connectivity index (χ2n) is 6.49. The second-order valence-corrected chi connectivity index (χ2v) is 10.7. The fourth-order valence-corrected chi connectivity index (χ4v) is 5.47. The summed E-state index contributed by atoms with van der Waals surface area (Å²) in [6, 6.07) is 0. The van der Waals surface area contributed by atoms with Crippen LogP contribution in [-0.2, 0) is 25.6 Å². The van der Waals surface area contributed by atoms with Crippen LogP contribution in [0.3, 0.4) is 0 Å². The van der Waals surface area contributed by atoms with Crippen LogP contribution in [0.5, 0.6) is 0 Å². The third-order valence-electron chi connectivity index (χ3n) is 3.88. The zero-order valence-electron chi connectivity index (χ0n) is 20.9. The van der Waals surface area contributed by atoms with E-state index >= 15 is 0 Å². The molecule has 194 valence electrons. The Kier molecular flexibility index (Phi) is 22.5. The van der Waals surface area contributed by atoms with E-state index in [1.807, 2.05) is 30.3 Å². The number of amides is 1. The molecule has 0 fully saturated rings. The van der Waals surface area contributed by atoms with E-state index in [2.05, 4.69) is 41.9 Å². The summed E-state index contributed by atoms with van der Waals surface area (Å²) in [5.41, 5.74) is 5.36. The second kappa shape index (κ2) is 21.6. The number of hydrazine groups is 1. The highest BCUT2D eigenvalue weighted by atomic mass is 32.5. The topological polar surface area (TPSA) is 90.1 Å². The van der Waals surface area contributed by atoms with Gasteiger partial charge < -0.3 is 24.6 Å². The van der Waals surface area contributed by atoms with Crippen molar-refractivity contribution in [2.45, 2.75) is 47.5 Å². The molecule has 4 N–H and O–H groups in total. The number of carbonyl (C=O) groups excluding carboxylic acids is 1. The molecule has 0 unspecified atom stereocenters. The molecule has 0 saturated carbocycles. The molecular weight excluding hydrogens is 499 g/mol. The maximum atomic E-state index is 12.5. The lowest BCUT2D eigenvalue weighted by Gasteiger charge is -2.33. The largest absolute Gasteiger partial charge is 0.364 e. The monoisotopic (exact) mass is 542 g/mol. The minimum absolute atomic E-state index is 0.106. The van der Waals surface area contributed by atoms with E-state index in [-0.39, 0.29) is 12.5 Å². The molecule has 0 aromatic carbocycles. The molecule has 0 aliphatic heterocycles. The minimum atomic E-state index is -2.54. The molecule has 0 bridgehead atoms. The number of rotatable bonds is 14. The quantitative estimate of drug-likeness (QED) is 0.113. The molecule has 0 spiro atoms. The molecule has 0 heterocycles. The van der Waals surface area contributed by atoms with Crippen molar-refractivity contribution >= 4 is 59.0 Å². The number of hydrogen-bond donors (Lipinski definition) is 4. The minimum Gasteiger partial charge on any atom is -0.364 e. The Balaban J connectivity index is 0. The first-order chi connectivity index (χ1) is 15.7. The van der Waals surface area contributed by atoms with Crippen LogP contribution in [0.2, 0.25) is 0 Å². The van der Waals surface area contributed by atoms with Crippen LogP contribution in [0.15, 0.2) is 12.7 Å². The summed E-state index contributed by atoms with van der Waals surface area (Å²) in [6.07, 6.45) is 3.64. The van der Waals surface area contributed by atoms with Crippen molar-refractivity contribution in [2.24, 2.45) is 0 Å². The number of likely N-dealkylation sites (N-methyl/N-ethyl adjacent to an activating group) is 1. The molecule has 0 aromatic rings. The molecule has 9 nitrogen and oxygen atoms in total. The Morgan fingerprint density at radius 2 is 1.52 bits per heavy atom. The van der Waals surface area contributed by atoms with Gasteiger partial charge in [-0.1, -0.05) is 26.8 Å².